The first-order chi connectivity index (χ1) is 14.0. The summed E-state index contributed by atoms with van der Waals surface area (Å²) in [5.74, 6) is 4.98. The van der Waals surface area contributed by atoms with Crippen LogP contribution in [0.15, 0.2) is 11.6 Å². The zero-order valence-corrected chi connectivity index (χ0v) is 20.8. The largest absolute Gasteiger partial charge is 0.270 e. The Bertz CT molecular complexity index is 771. The van der Waals surface area contributed by atoms with Crippen LogP contribution in [-0.2, 0) is 14.3 Å². The molecule has 0 aliphatic heterocycles. The first-order valence-electron chi connectivity index (χ1n) is 12.6. The molecule has 0 aromatic heterocycles. The monoisotopic (exact) mass is 436 g/mol. The van der Waals surface area contributed by atoms with E-state index in [4.69, 9.17) is 4.18 Å². The van der Waals surface area contributed by atoms with Gasteiger partial charge in [0.25, 0.3) is 10.1 Å². The van der Waals surface area contributed by atoms with E-state index in [0.717, 1.165) is 48.7 Å². The molecule has 3 saturated carbocycles. The number of fused-ring (bicyclic) bond motifs is 5. The molecule has 4 aliphatic rings. The maximum Gasteiger partial charge on any atom is 0.264 e. The van der Waals surface area contributed by atoms with Gasteiger partial charge in [-0.15, -0.1) is 0 Å². The fourth-order valence-corrected chi connectivity index (χ4v) is 9.06. The summed E-state index contributed by atoms with van der Waals surface area (Å²) in [5, 5.41) is 0. The molecule has 3 nitrogen and oxygen atoms in total. The minimum Gasteiger partial charge on any atom is -0.270 e. The van der Waals surface area contributed by atoms with Crippen LogP contribution in [0.2, 0.25) is 0 Å². The van der Waals surface area contributed by atoms with Crippen LogP contribution in [0.3, 0.4) is 0 Å². The van der Waals surface area contributed by atoms with Gasteiger partial charge >= 0.3 is 0 Å². The third-order valence-electron chi connectivity index (χ3n) is 10.2. The minimum absolute atomic E-state index is 0.338. The molecule has 8 atom stereocenters. The fourth-order valence-electron chi connectivity index (χ4n) is 8.64. The zero-order chi connectivity index (χ0) is 21.7. The average Bonchev–Trinajstić information content (AvgIpc) is 3.02. The van der Waals surface area contributed by atoms with Crippen molar-refractivity contribution in [2.45, 2.75) is 91.9 Å². The Hall–Kier alpha value is -0.350. The number of rotatable bonds is 6. The van der Waals surface area contributed by atoms with Crippen molar-refractivity contribution in [1.82, 2.24) is 0 Å². The summed E-state index contributed by atoms with van der Waals surface area (Å²) in [6.07, 6.45) is 16.8. The van der Waals surface area contributed by atoms with Crippen molar-refractivity contribution in [3.8, 4) is 0 Å². The van der Waals surface area contributed by atoms with Gasteiger partial charge in [0.05, 0.1) is 12.9 Å². The fraction of sp³-hybridized carbons (Fsp3) is 0.923. The summed E-state index contributed by atoms with van der Waals surface area (Å²) in [4.78, 5) is 0. The number of hydrogen-bond acceptors (Lipinski definition) is 3. The highest BCUT2D eigenvalue weighted by Gasteiger charge is 2.58. The van der Waals surface area contributed by atoms with Gasteiger partial charge in [0.1, 0.15) is 0 Å². The minimum atomic E-state index is -3.31. The molecular formula is C26H44O3S. The maximum atomic E-state index is 11.2. The molecule has 0 radical (unpaired) electrons. The van der Waals surface area contributed by atoms with Gasteiger partial charge in [-0.25, -0.2) is 0 Å². The van der Waals surface area contributed by atoms with Gasteiger partial charge in [-0.1, -0.05) is 39.3 Å². The number of allylic oxidation sites excluding steroid dienone is 2. The highest BCUT2D eigenvalue weighted by Crippen LogP contribution is 2.67. The van der Waals surface area contributed by atoms with E-state index < -0.39 is 10.1 Å². The summed E-state index contributed by atoms with van der Waals surface area (Å²) in [6.45, 7) is 10.4. The van der Waals surface area contributed by atoms with Crippen molar-refractivity contribution in [2.75, 3.05) is 12.9 Å². The summed E-state index contributed by atoms with van der Waals surface area (Å²) in [6, 6.07) is 0. The Morgan fingerprint density at radius 3 is 2.63 bits per heavy atom. The van der Waals surface area contributed by atoms with Crippen LogP contribution in [-0.4, -0.2) is 21.3 Å². The lowest BCUT2D eigenvalue weighted by atomic mass is 9.46. The molecule has 0 spiro atoms. The Kier molecular flexibility index (Phi) is 6.25. The van der Waals surface area contributed by atoms with Gasteiger partial charge in [-0.2, -0.15) is 8.42 Å². The first kappa shape index (κ1) is 22.8. The lowest BCUT2D eigenvalue weighted by Gasteiger charge is -2.58. The van der Waals surface area contributed by atoms with Crippen molar-refractivity contribution < 1.29 is 12.6 Å². The van der Waals surface area contributed by atoms with Gasteiger partial charge in [0.2, 0.25) is 0 Å². The highest BCUT2D eigenvalue weighted by molar-refractivity contribution is 7.85. The molecule has 172 valence electrons. The Balaban J connectivity index is 1.44. The SMILES string of the molecule is C[C@H]1CC[C@@]2(C)C(=CC[C@H]3[C@@H]4CC[C@H]([C@H](C)CCCOS(C)(=O)=O)[C@@]4(C)CC[C@@H]32)C1. The molecule has 3 fully saturated rings. The zero-order valence-electron chi connectivity index (χ0n) is 20.0. The molecular weight excluding hydrogens is 392 g/mol. The van der Waals surface area contributed by atoms with Crippen LogP contribution in [0.25, 0.3) is 0 Å². The van der Waals surface area contributed by atoms with Crippen molar-refractivity contribution in [1.29, 1.82) is 0 Å². The summed E-state index contributed by atoms with van der Waals surface area (Å²) in [5.41, 5.74) is 2.76. The molecule has 30 heavy (non-hydrogen) atoms. The Morgan fingerprint density at radius 2 is 1.90 bits per heavy atom. The molecule has 4 aliphatic carbocycles. The predicted molar refractivity (Wildman–Crippen MR) is 124 cm³/mol. The van der Waals surface area contributed by atoms with Crippen LogP contribution in [0.4, 0.5) is 0 Å². The quantitative estimate of drug-likeness (QED) is 0.268. The molecule has 4 rings (SSSR count). The normalized spacial score (nSPS) is 44.6. The molecule has 0 bridgehead atoms. The van der Waals surface area contributed by atoms with E-state index in [0.29, 0.717) is 23.4 Å². The Morgan fingerprint density at radius 1 is 1.13 bits per heavy atom. The van der Waals surface area contributed by atoms with Crippen LogP contribution in [0.5, 0.6) is 0 Å². The topological polar surface area (TPSA) is 43.4 Å². The van der Waals surface area contributed by atoms with E-state index in [-0.39, 0.29) is 0 Å². The summed E-state index contributed by atoms with van der Waals surface area (Å²) < 4.78 is 27.4. The van der Waals surface area contributed by atoms with E-state index in [1.165, 1.54) is 51.4 Å². The molecule has 0 amide bonds. The van der Waals surface area contributed by atoms with Gasteiger partial charge in [-0.3, -0.25) is 4.18 Å². The third kappa shape index (κ3) is 4.05. The molecule has 0 unspecified atom stereocenters. The molecule has 0 N–H and O–H groups in total. The van der Waals surface area contributed by atoms with Crippen LogP contribution in [0, 0.1) is 46.3 Å². The first-order valence-corrected chi connectivity index (χ1v) is 14.4. The van der Waals surface area contributed by atoms with E-state index in [1.807, 2.05) is 0 Å². The summed E-state index contributed by atoms with van der Waals surface area (Å²) >= 11 is 0. The molecule has 0 aromatic rings. The second-order valence-electron chi connectivity index (χ2n) is 12.0. The van der Waals surface area contributed by atoms with Crippen molar-refractivity contribution in [3.05, 3.63) is 11.6 Å². The van der Waals surface area contributed by atoms with Gasteiger partial charge in [0, 0.05) is 0 Å². The van der Waals surface area contributed by atoms with E-state index >= 15 is 0 Å². The van der Waals surface area contributed by atoms with Crippen molar-refractivity contribution in [2.24, 2.45) is 46.3 Å². The van der Waals surface area contributed by atoms with Crippen molar-refractivity contribution in [3.63, 3.8) is 0 Å². The average molecular weight is 437 g/mol. The summed E-state index contributed by atoms with van der Waals surface area (Å²) in [7, 11) is -3.31. The third-order valence-corrected chi connectivity index (χ3v) is 10.8. The van der Waals surface area contributed by atoms with Crippen molar-refractivity contribution >= 4 is 10.1 Å². The smallest absolute Gasteiger partial charge is 0.264 e. The van der Waals surface area contributed by atoms with E-state index in [2.05, 4.69) is 33.8 Å². The molecule has 4 heteroatoms. The predicted octanol–water partition coefficient (Wildman–Crippen LogP) is 6.59. The van der Waals surface area contributed by atoms with Crippen LogP contribution in [0.1, 0.15) is 91.9 Å². The standard InChI is InChI=1S/C26H44O3S/c1-18-12-14-25(3)20(17-18)8-9-21-23-11-10-22(26(23,4)15-13-24(21)25)19(2)7-6-16-29-30(5,27)28/h8,18-19,21-24H,6-7,9-17H2,1-5H3/t18-,19+,21-,22+,23-,24-,25-,26+/m0/s1. The maximum absolute atomic E-state index is 11.2. The Labute approximate surface area is 185 Å². The lowest BCUT2D eigenvalue weighted by molar-refractivity contribution is -0.0523. The highest BCUT2D eigenvalue weighted by atomic mass is 32.2. The number of hydrogen-bond donors (Lipinski definition) is 0. The second-order valence-corrected chi connectivity index (χ2v) is 13.6. The van der Waals surface area contributed by atoms with Crippen LogP contribution < -0.4 is 0 Å². The van der Waals surface area contributed by atoms with Gasteiger partial charge < -0.3 is 0 Å². The molecule has 0 saturated heterocycles. The van der Waals surface area contributed by atoms with E-state index in [1.54, 1.807) is 5.57 Å². The lowest BCUT2D eigenvalue weighted by Crippen LogP contribution is -2.50. The van der Waals surface area contributed by atoms with Gasteiger partial charge in [0.15, 0.2) is 0 Å². The molecule has 0 aromatic carbocycles. The van der Waals surface area contributed by atoms with Crippen LogP contribution >= 0.6 is 0 Å². The van der Waals surface area contributed by atoms with E-state index in [9.17, 15) is 8.42 Å². The molecule has 0 heterocycles. The second kappa shape index (κ2) is 8.21. The van der Waals surface area contributed by atoms with Gasteiger partial charge in [-0.05, 0) is 111 Å².